The monoisotopic (exact) mass is 580 g/mol. The van der Waals surface area contributed by atoms with Crippen molar-refractivity contribution in [2.45, 2.75) is 67.7 Å². The molecule has 40 heavy (non-hydrogen) atoms. The van der Waals surface area contributed by atoms with E-state index in [-0.39, 0.29) is 23.3 Å². The lowest BCUT2D eigenvalue weighted by Crippen LogP contribution is -2.47. The molecular formula is C26H31F3N6O4S. The average molecular weight is 581 g/mol. The zero-order chi connectivity index (χ0) is 28.3. The van der Waals surface area contributed by atoms with Crippen molar-refractivity contribution in [1.82, 2.24) is 14.9 Å². The number of amides is 1. The third-order valence-electron chi connectivity index (χ3n) is 7.51. The second-order valence-corrected chi connectivity index (χ2v) is 12.1. The van der Waals surface area contributed by atoms with Gasteiger partial charge in [0.25, 0.3) is 0 Å². The van der Waals surface area contributed by atoms with Gasteiger partial charge in [0.05, 0.1) is 12.2 Å². The number of nitrogens with one attached hydrogen (secondary N) is 3. The van der Waals surface area contributed by atoms with Gasteiger partial charge in [-0.15, -0.1) is 0 Å². The van der Waals surface area contributed by atoms with Gasteiger partial charge >= 0.3 is 12.3 Å². The number of halogens is 3. The molecule has 6 rings (SSSR count). The molecule has 3 N–H and O–H groups in total. The van der Waals surface area contributed by atoms with Crippen LogP contribution in [0, 0.1) is 12.8 Å². The van der Waals surface area contributed by atoms with Gasteiger partial charge in [-0.05, 0) is 45.7 Å². The quantitative estimate of drug-likeness (QED) is 0.409. The Balaban J connectivity index is 1.34. The number of fused-ring (bicyclic) bond motifs is 2. The molecule has 2 saturated heterocycles. The predicted octanol–water partition coefficient (Wildman–Crippen LogP) is 5.10. The van der Waals surface area contributed by atoms with Crippen LogP contribution in [0.1, 0.15) is 43.3 Å². The number of anilines is 3. The highest BCUT2D eigenvalue weighted by Crippen LogP contribution is 2.52. The molecule has 0 bridgehead atoms. The van der Waals surface area contributed by atoms with Gasteiger partial charge in [-0.2, -0.15) is 18.2 Å². The third kappa shape index (κ3) is 5.23. The highest BCUT2D eigenvalue weighted by atomic mass is 32.2. The van der Waals surface area contributed by atoms with E-state index in [1.165, 1.54) is 0 Å². The van der Waals surface area contributed by atoms with Gasteiger partial charge in [0.15, 0.2) is 11.5 Å². The number of hydrogen-bond donors (Lipinski definition) is 3. The van der Waals surface area contributed by atoms with Gasteiger partial charge in [-0.1, -0.05) is 23.9 Å². The number of cyclic esters (lactones) is 1. The lowest BCUT2D eigenvalue weighted by molar-refractivity contribution is -0.167. The highest BCUT2D eigenvalue weighted by Gasteiger charge is 2.61. The molecule has 3 fully saturated rings. The molecule has 0 spiro atoms. The number of alkyl halides is 3. The minimum atomic E-state index is -4.43. The van der Waals surface area contributed by atoms with Crippen molar-refractivity contribution in [2.75, 3.05) is 42.2 Å². The predicted molar refractivity (Wildman–Crippen MR) is 142 cm³/mol. The van der Waals surface area contributed by atoms with E-state index in [0.717, 1.165) is 10.6 Å². The van der Waals surface area contributed by atoms with Crippen molar-refractivity contribution in [1.29, 1.82) is 0 Å². The zero-order valence-electron chi connectivity index (χ0n) is 22.3. The van der Waals surface area contributed by atoms with Crippen LogP contribution in [0.4, 0.5) is 35.4 Å². The topological polar surface area (TPSA) is 110 Å². The Morgan fingerprint density at radius 3 is 2.77 bits per heavy atom. The van der Waals surface area contributed by atoms with Crippen LogP contribution in [-0.2, 0) is 14.2 Å². The molecule has 1 aliphatic carbocycles. The second kappa shape index (κ2) is 9.84. The summed E-state index contributed by atoms with van der Waals surface area (Å²) in [6.07, 6.45) is -3.96. The number of benzene rings is 1. The molecule has 2 aromatic rings. The van der Waals surface area contributed by atoms with Crippen molar-refractivity contribution in [3.05, 3.63) is 35.5 Å². The molecule has 4 atom stereocenters. The fourth-order valence-corrected chi connectivity index (χ4v) is 7.18. The van der Waals surface area contributed by atoms with Crippen LogP contribution in [-0.4, -0.2) is 71.0 Å². The summed E-state index contributed by atoms with van der Waals surface area (Å²) in [6.45, 7) is 5.47. The fourth-order valence-electron chi connectivity index (χ4n) is 5.93. The lowest BCUT2D eigenvalue weighted by atomic mass is 10.0. The van der Waals surface area contributed by atoms with Crippen LogP contribution < -0.4 is 16.0 Å². The molecule has 1 aromatic heterocycles. The van der Waals surface area contributed by atoms with Gasteiger partial charge in [-0.3, -0.25) is 0 Å². The maximum absolute atomic E-state index is 13.0. The Morgan fingerprint density at radius 2 is 2.05 bits per heavy atom. The Kier molecular flexibility index (Phi) is 6.69. The van der Waals surface area contributed by atoms with Crippen LogP contribution in [0.15, 0.2) is 29.2 Å². The van der Waals surface area contributed by atoms with E-state index in [1.54, 1.807) is 23.6 Å². The van der Waals surface area contributed by atoms with Crippen molar-refractivity contribution in [3.63, 3.8) is 0 Å². The summed E-state index contributed by atoms with van der Waals surface area (Å²) >= 11 is 1.58. The molecule has 14 heteroatoms. The normalized spacial score (nSPS) is 28.7. The number of thioether (sulfide) groups is 1. The maximum Gasteiger partial charge on any atom is 0.409 e. The molecule has 0 radical (unpaired) electrons. The van der Waals surface area contributed by atoms with Crippen LogP contribution in [0.3, 0.4) is 0 Å². The molecule has 1 saturated carbocycles. The van der Waals surface area contributed by atoms with Crippen LogP contribution in [0.25, 0.3) is 0 Å². The first kappa shape index (κ1) is 27.2. The van der Waals surface area contributed by atoms with E-state index in [4.69, 9.17) is 14.2 Å². The molecule has 1 aromatic carbocycles. The minimum absolute atomic E-state index is 0.0441. The highest BCUT2D eigenvalue weighted by molar-refractivity contribution is 8.00. The summed E-state index contributed by atoms with van der Waals surface area (Å²) in [5.41, 5.74) is 1.19. The standard InChI is InChI=1S/C26H31F3N6O4S/c1-14-18(21-32-16-6-4-5-7-17(16)40-21)20(33-22(31-14)30-13-26(27,28)29)34-25-9-8-15(12-35-10-11-37-23(35)36)19(25)38-24(2,3)39-25/h4-7,15,19,21,32H,8-13H2,1-3H3,(H2,30,31,33,34). The Morgan fingerprint density at radius 1 is 1.25 bits per heavy atom. The number of para-hydroxylation sites is 1. The summed E-state index contributed by atoms with van der Waals surface area (Å²) in [5.74, 6) is -0.750. The van der Waals surface area contributed by atoms with Gasteiger partial charge in [0.1, 0.15) is 30.4 Å². The van der Waals surface area contributed by atoms with Crippen molar-refractivity contribution in [2.24, 2.45) is 5.92 Å². The number of aryl methyl sites for hydroxylation is 1. The lowest BCUT2D eigenvalue weighted by Gasteiger charge is -2.32. The van der Waals surface area contributed by atoms with Crippen LogP contribution in [0.5, 0.6) is 0 Å². The summed E-state index contributed by atoms with van der Waals surface area (Å²) in [5, 5.41) is 9.00. The first-order valence-electron chi connectivity index (χ1n) is 13.2. The average Bonchev–Trinajstić information content (AvgIpc) is 3.60. The second-order valence-electron chi connectivity index (χ2n) is 10.9. The van der Waals surface area contributed by atoms with Gasteiger partial charge in [-0.25, -0.2) is 9.78 Å². The first-order chi connectivity index (χ1) is 18.9. The third-order valence-corrected chi connectivity index (χ3v) is 8.71. The number of hydrogen-bond acceptors (Lipinski definition) is 10. The molecule has 10 nitrogen and oxygen atoms in total. The number of ether oxygens (including phenoxy) is 3. The molecule has 4 aliphatic rings. The van der Waals surface area contributed by atoms with Crippen LogP contribution >= 0.6 is 11.8 Å². The molecule has 4 unspecified atom stereocenters. The summed E-state index contributed by atoms with van der Waals surface area (Å²) in [7, 11) is 0. The zero-order valence-corrected chi connectivity index (χ0v) is 23.1. The van der Waals surface area contributed by atoms with Crippen molar-refractivity contribution in [3.8, 4) is 0 Å². The van der Waals surface area contributed by atoms with Crippen molar-refractivity contribution < 1.29 is 32.2 Å². The molecule has 1 amide bonds. The summed E-state index contributed by atoms with van der Waals surface area (Å²) < 4.78 is 57.1. The van der Waals surface area contributed by atoms with E-state index in [2.05, 4.69) is 25.9 Å². The van der Waals surface area contributed by atoms with Crippen LogP contribution in [0.2, 0.25) is 0 Å². The van der Waals surface area contributed by atoms with E-state index in [9.17, 15) is 18.0 Å². The first-order valence-corrected chi connectivity index (χ1v) is 14.1. The Labute approximate surface area is 233 Å². The Bertz CT molecular complexity index is 1290. The van der Waals surface area contributed by atoms with Gasteiger partial charge in [0.2, 0.25) is 5.95 Å². The van der Waals surface area contributed by atoms with E-state index < -0.39 is 30.3 Å². The number of aromatic nitrogens is 2. The largest absolute Gasteiger partial charge is 0.448 e. The van der Waals surface area contributed by atoms with Crippen molar-refractivity contribution >= 4 is 35.3 Å². The number of rotatable bonds is 7. The van der Waals surface area contributed by atoms with Gasteiger partial charge in [0, 0.05) is 28.6 Å². The fraction of sp³-hybridized carbons (Fsp3) is 0.577. The van der Waals surface area contributed by atoms with Gasteiger partial charge < -0.3 is 35.1 Å². The van der Waals surface area contributed by atoms with E-state index >= 15 is 0 Å². The number of nitrogens with zero attached hydrogens (tertiary/aromatic N) is 3. The number of carbonyl (C=O) groups excluding carboxylic acids is 1. The summed E-state index contributed by atoms with van der Waals surface area (Å²) in [4.78, 5) is 23.8. The molecular weight excluding hydrogens is 549 g/mol. The maximum atomic E-state index is 13.0. The SMILES string of the molecule is Cc1nc(NCC(F)(F)F)nc(NC23CCC(CN4CCOC4=O)C2OC(C)(C)O3)c1C1Nc2ccccc2S1. The Hall–Kier alpha value is -2.97. The summed E-state index contributed by atoms with van der Waals surface area (Å²) in [6, 6.07) is 7.87. The minimum Gasteiger partial charge on any atom is -0.448 e. The number of carbonyl (C=O) groups is 1. The molecule has 4 heterocycles. The molecule has 3 aliphatic heterocycles. The smallest absolute Gasteiger partial charge is 0.409 e. The van der Waals surface area contributed by atoms with E-state index in [1.807, 2.05) is 38.1 Å². The van der Waals surface area contributed by atoms with E-state index in [0.29, 0.717) is 49.6 Å². The molecule has 216 valence electrons.